The second kappa shape index (κ2) is 7.10. The van der Waals surface area contributed by atoms with Crippen LogP contribution < -0.4 is 10.6 Å². The van der Waals surface area contributed by atoms with Gasteiger partial charge in [-0.1, -0.05) is 0 Å². The third-order valence-corrected chi connectivity index (χ3v) is 4.20. The molecule has 0 atom stereocenters. The van der Waals surface area contributed by atoms with Crippen LogP contribution in [0.25, 0.3) is 0 Å². The number of nitrogens with one attached hydrogen (secondary N) is 2. The second-order valence-electron chi connectivity index (χ2n) is 5.79. The van der Waals surface area contributed by atoms with E-state index in [0.717, 1.165) is 44.6 Å². The van der Waals surface area contributed by atoms with Crippen molar-refractivity contribution in [3.05, 3.63) is 0 Å². The van der Waals surface area contributed by atoms with Crippen molar-refractivity contribution in [1.82, 2.24) is 15.5 Å². The third-order valence-electron chi connectivity index (χ3n) is 4.20. The molecule has 0 spiro atoms. The number of hydrogen-bond acceptors (Lipinski definition) is 3. The van der Waals surface area contributed by atoms with Crippen molar-refractivity contribution in [2.75, 3.05) is 33.2 Å². The van der Waals surface area contributed by atoms with Crippen molar-refractivity contribution in [1.29, 1.82) is 0 Å². The smallest absolute Gasteiger partial charge is 0.220 e. The standard InChI is InChI=1S/C14H27N3O/c1-17(13-3-4-13)11-10-16-14(18)5-2-12-6-8-15-9-7-12/h12-13,15H,2-11H2,1H3,(H,16,18). The summed E-state index contributed by atoms with van der Waals surface area (Å²) in [5.41, 5.74) is 0. The van der Waals surface area contributed by atoms with Gasteiger partial charge in [-0.3, -0.25) is 4.79 Å². The van der Waals surface area contributed by atoms with Crippen LogP contribution in [0.2, 0.25) is 0 Å². The van der Waals surface area contributed by atoms with Crippen LogP contribution >= 0.6 is 0 Å². The molecule has 0 aromatic rings. The molecule has 2 rings (SSSR count). The van der Waals surface area contributed by atoms with Gasteiger partial charge < -0.3 is 15.5 Å². The van der Waals surface area contributed by atoms with Crippen molar-refractivity contribution >= 4 is 5.91 Å². The molecule has 4 nitrogen and oxygen atoms in total. The summed E-state index contributed by atoms with van der Waals surface area (Å²) in [4.78, 5) is 14.1. The van der Waals surface area contributed by atoms with Gasteiger partial charge in [-0.2, -0.15) is 0 Å². The van der Waals surface area contributed by atoms with Crippen molar-refractivity contribution in [2.24, 2.45) is 5.92 Å². The SMILES string of the molecule is CN(CCNC(=O)CCC1CCNCC1)C1CC1. The van der Waals surface area contributed by atoms with E-state index in [1.165, 1.54) is 25.7 Å². The van der Waals surface area contributed by atoms with Gasteiger partial charge in [0.15, 0.2) is 0 Å². The molecule has 1 aliphatic heterocycles. The molecule has 0 aromatic carbocycles. The minimum absolute atomic E-state index is 0.234. The van der Waals surface area contributed by atoms with E-state index in [-0.39, 0.29) is 5.91 Å². The van der Waals surface area contributed by atoms with Crippen LogP contribution in [0, 0.1) is 5.92 Å². The molecule has 0 radical (unpaired) electrons. The van der Waals surface area contributed by atoms with Crippen LogP contribution in [-0.2, 0) is 4.79 Å². The van der Waals surface area contributed by atoms with Gasteiger partial charge in [0, 0.05) is 25.6 Å². The Bertz CT molecular complexity index is 260. The first kappa shape index (κ1) is 13.8. The fourth-order valence-corrected chi connectivity index (χ4v) is 2.66. The maximum Gasteiger partial charge on any atom is 0.220 e. The Morgan fingerprint density at radius 3 is 2.67 bits per heavy atom. The summed E-state index contributed by atoms with van der Waals surface area (Å²) in [6.45, 7) is 4.04. The molecule has 1 saturated carbocycles. The third kappa shape index (κ3) is 4.94. The first-order chi connectivity index (χ1) is 8.75. The number of likely N-dealkylation sites (N-methyl/N-ethyl adjacent to an activating group) is 1. The van der Waals surface area contributed by atoms with Gasteiger partial charge in [-0.25, -0.2) is 0 Å². The quantitative estimate of drug-likeness (QED) is 0.711. The highest BCUT2D eigenvalue weighted by atomic mass is 16.1. The van der Waals surface area contributed by atoms with Crippen LogP contribution in [0.15, 0.2) is 0 Å². The Hall–Kier alpha value is -0.610. The van der Waals surface area contributed by atoms with Crippen molar-refractivity contribution < 1.29 is 4.79 Å². The number of amides is 1. The van der Waals surface area contributed by atoms with Crippen LogP contribution in [0.5, 0.6) is 0 Å². The van der Waals surface area contributed by atoms with E-state index in [4.69, 9.17) is 0 Å². The fourth-order valence-electron chi connectivity index (χ4n) is 2.66. The summed E-state index contributed by atoms with van der Waals surface area (Å²) in [5.74, 6) is 0.990. The summed E-state index contributed by atoms with van der Waals surface area (Å²) in [5, 5.41) is 6.40. The van der Waals surface area contributed by atoms with E-state index in [1.54, 1.807) is 0 Å². The molecule has 4 heteroatoms. The van der Waals surface area contributed by atoms with E-state index in [0.29, 0.717) is 6.42 Å². The van der Waals surface area contributed by atoms with Crippen LogP contribution in [0.1, 0.15) is 38.5 Å². The van der Waals surface area contributed by atoms with Crippen molar-refractivity contribution in [2.45, 2.75) is 44.6 Å². The molecule has 0 unspecified atom stereocenters. The van der Waals surface area contributed by atoms with Gasteiger partial charge in [-0.15, -0.1) is 0 Å². The molecule has 1 amide bonds. The van der Waals surface area contributed by atoms with E-state index in [2.05, 4.69) is 22.6 Å². The molecule has 18 heavy (non-hydrogen) atoms. The first-order valence-electron chi connectivity index (χ1n) is 7.43. The summed E-state index contributed by atoms with van der Waals surface area (Å²) < 4.78 is 0. The summed E-state index contributed by atoms with van der Waals surface area (Å²) in [7, 11) is 2.15. The minimum atomic E-state index is 0.234. The molecule has 0 aromatic heterocycles. The molecular weight excluding hydrogens is 226 g/mol. The summed E-state index contributed by atoms with van der Waals surface area (Å²) in [6.07, 6.45) is 6.90. The largest absolute Gasteiger partial charge is 0.355 e. The highest BCUT2D eigenvalue weighted by molar-refractivity contribution is 5.75. The summed E-state index contributed by atoms with van der Waals surface area (Å²) in [6, 6.07) is 0.789. The van der Waals surface area contributed by atoms with Gasteiger partial charge in [0.1, 0.15) is 0 Å². The molecule has 2 fully saturated rings. The van der Waals surface area contributed by atoms with E-state index >= 15 is 0 Å². The number of piperidine rings is 1. The monoisotopic (exact) mass is 253 g/mol. The van der Waals surface area contributed by atoms with E-state index < -0.39 is 0 Å². The molecule has 1 aliphatic carbocycles. The van der Waals surface area contributed by atoms with Gasteiger partial charge in [0.05, 0.1) is 0 Å². The maximum atomic E-state index is 11.7. The number of rotatable bonds is 7. The topological polar surface area (TPSA) is 44.4 Å². The molecule has 2 aliphatic rings. The molecule has 1 saturated heterocycles. The van der Waals surface area contributed by atoms with Gasteiger partial charge in [-0.05, 0) is 58.2 Å². The van der Waals surface area contributed by atoms with Crippen LogP contribution in [0.3, 0.4) is 0 Å². The first-order valence-corrected chi connectivity index (χ1v) is 7.43. The second-order valence-corrected chi connectivity index (χ2v) is 5.79. The predicted molar refractivity (Wildman–Crippen MR) is 73.5 cm³/mol. The minimum Gasteiger partial charge on any atom is -0.355 e. The lowest BCUT2D eigenvalue weighted by Gasteiger charge is -2.22. The number of hydrogen-bond donors (Lipinski definition) is 2. The van der Waals surface area contributed by atoms with Gasteiger partial charge in [0.25, 0.3) is 0 Å². The normalized spacial score (nSPS) is 21.2. The van der Waals surface area contributed by atoms with Crippen LogP contribution in [-0.4, -0.2) is 50.1 Å². The highest BCUT2D eigenvalue weighted by Gasteiger charge is 2.25. The zero-order valence-electron chi connectivity index (χ0n) is 11.6. The highest BCUT2D eigenvalue weighted by Crippen LogP contribution is 2.24. The molecular formula is C14H27N3O. The average molecular weight is 253 g/mol. The number of carbonyl (C=O) groups excluding carboxylic acids is 1. The summed E-state index contributed by atoms with van der Waals surface area (Å²) >= 11 is 0. The fraction of sp³-hybridized carbons (Fsp3) is 0.929. The maximum absolute atomic E-state index is 11.7. The Balaban J connectivity index is 1.48. The van der Waals surface area contributed by atoms with E-state index in [1.807, 2.05) is 0 Å². The van der Waals surface area contributed by atoms with E-state index in [9.17, 15) is 4.79 Å². The molecule has 104 valence electrons. The average Bonchev–Trinajstić information content (AvgIpc) is 3.22. The number of nitrogens with zero attached hydrogens (tertiary/aromatic N) is 1. The van der Waals surface area contributed by atoms with Crippen molar-refractivity contribution in [3.8, 4) is 0 Å². The van der Waals surface area contributed by atoms with Crippen molar-refractivity contribution in [3.63, 3.8) is 0 Å². The Labute approximate surface area is 110 Å². The molecule has 1 heterocycles. The Morgan fingerprint density at radius 2 is 2.00 bits per heavy atom. The predicted octanol–water partition coefficient (Wildman–Crippen LogP) is 0.977. The Kier molecular flexibility index (Phi) is 5.45. The zero-order valence-corrected chi connectivity index (χ0v) is 11.6. The lowest BCUT2D eigenvalue weighted by atomic mass is 9.93. The zero-order chi connectivity index (χ0) is 12.8. The lowest BCUT2D eigenvalue weighted by molar-refractivity contribution is -0.121. The molecule has 0 bridgehead atoms. The lowest BCUT2D eigenvalue weighted by Crippen LogP contribution is -2.34. The number of carbonyl (C=O) groups is 1. The Morgan fingerprint density at radius 1 is 1.28 bits per heavy atom. The van der Waals surface area contributed by atoms with Crippen LogP contribution in [0.4, 0.5) is 0 Å². The van der Waals surface area contributed by atoms with Gasteiger partial charge in [0.2, 0.25) is 5.91 Å². The molecule has 2 N–H and O–H groups in total. The van der Waals surface area contributed by atoms with Gasteiger partial charge >= 0.3 is 0 Å².